The summed E-state index contributed by atoms with van der Waals surface area (Å²) >= 11 is 0. The maximum atomic E-state index is 10.5. The van der Waals surface area contributed by atoms with Gasteiger partial charge in [0, 0.05) is 0 Å². The SMILES string of the molecule is O=C=NCCC12CCC(CC1)C2.O=C=NCCCC1(CN=C=O)CC2CC1CC2CN=C=O. The van der Waals surface area contributed by atoms with E-state index in [1.807, 2.05) is 0 Å². The van der Waals surface area contributed by atoms with Crippen molar-refractivity contribution in [1.29, 1.82) is 0 Å². The Bertz CT molecular complexity index is 858. The second-order valence-electron chi connectivity index (χ2n) is 10.5. The van der Waals surface area contributed by atoms with E-state index in [9.17, 15) is 19.2 Å². The lowest BCUT2D eigenvalue weighted by Crippen LogP contribution is -2.34. The van der Waals surface area contributed by atoms with Crippen molar-refractivity contribution in [2.24, 2.45) is 54.5 Å². The first-order valence-corrected chi connectivity index (χ1v) is 12.2. The molecule has 33 heavy (non-hydrogen) atoms. The summed E-state index contributed by atoms with van der Waals surface area (Å²) in [4.78, 5) is 55.5. The molecule has 0 aromatic heterocycles. The number of rotatable bonds is 11. The van der Waals surface area contributed by atoms with Gasteiger partial charge in [-0.1, -0.05) is 0 Å². The van der Waals surface area contributed by atoms with Gasteiger partial charge in [-0.25, -0.2) is 39.1 Å². The third kappa shape index (κ3) is 6.31. The molecule has 4 bridgehead atoms. The summed E-state index contributed by atoms with van der Waals surface area (Å²) in [5.41, 5.74) is 0.618. The van der Waals surface area contributed by atoms with E-state index in [1.165, 1.54) is 32.1 Å². The maximum Gasteiger partial charge on any atom is 0.234 e. The Balaban J connectivity index is 0.000000215. The first-order chi connectivity index (χ1) is 16.1. The Labute approximate surface area is 195 Å². The number of isocyanates is 4. The van der Waals surface area contributed by atoms with Gasteiger partial charge in [-0.2, -0.15) is 0 Å². The van der Waals surface area contributed by atoms with Gasteiger partial charge in [-0.3, -0.25) is 0 Å². The van der Waals surface area contributed by atoms with Crippen LogP contribution in [-0.2, 0) is 19.2 Å². The fourth-order valence-electron chi connectivity index (χ4n) is 7.35. The quantitative estimate of drug-likeness (QED) is 0.265. The zero-order valence-corrected chi connectivity index (χ0v) is 19.3. The lowest BCUT2D eigenvalue weighted by atomic mass is 9.67. The average Bonchev–Trinajstić information content (AvgIpc) is 3.60. The molecule has 0 spiro atoms. The first kappa shape index (κ1) is 25.1. The molecule has 0 amide bonds. The van der Waals surface area contributed by atoms with Crippen LogP contribution < -0.4 is 0 Å². The van der Waals surface area contributed by atoms with Gasteiger partial charge < -0.3 is 0 Å². The molecule has 4 rings (SSSR count). The first-order valence-electron chi connectivity index (χ1n) is 12.2. The van der Waals surface area contributed by atoms with Crippen LogP contribution in [0.3, 0.4) is 0 Å². The van der Waals surface area contributed by atoms with E-state index >= 15 is 0 Å². The summed E-state index contributed by atoms with van der Waals surface area (Å²) in [6, 6.07) is 0. The number of hydrogen-bond acceptors (Lipinski definition) is 8. The van der Waals surface area contributed by atoms with E-state index in [4.69, 9.17) is 0 Å². The van der Waals surface area contributed by atoms with Crippen LogP contribution in [0.4, 0.5) is 0 Å². The predicted octanol–water partition coefficient (Wildman–Crippen LogP) is 4.10. The highest BCUT2D eigenvalue weighted by molar-refractivity contribution is 5.34. The number of nitrogens with zero attached hydrogens (tertiary/aromatic N) is 4. The highest BCUT2D eigenvalue weighted by Gasteiger charge is 2.54. The Morgan fingerprint density at radius 1 is 0.758 bits per heavy atom. The van der Waals surface area contributed by atoms with Crippen molar-refractivity contribution in [3.8, 4) is 0 Å². The molecule has 4 saturated carbocycles. The number of aliphatic imine (C=N–C) groups is 4. The number of hydrogen-bond donors (Lipinski definition) is 0. The molecule has 8 heteroatoms. The Hall–Kier alpha value is -2.48. The third-order valence-corrected chi connectivity index (χ3v) is 8.94. The summed E-state index contributed by atoms with van der Waals surface area (Å²) in [6.45, 7) is 2.25. The minimum absolute atomic E-state index is 0.0296. The maximum absolute atomic E-state index is 10.5. The summed E-state index contributed by atoms with van der Waals surface area (Å²) in [6.07, 6.45) is 19.4. The van der Waals surface area contributed by atoms with E-state index in [1.54, 1.807) is 24.3 Å². The molecule has 4 aliphatic carbocycles. The van der Waals surface area contributed by atoms with Crippen LogP contribution in [-0.4, -0.2) is 50.5 Å². The Morgan fingerprint density at radius 2 is 1.45 bits per heavy atom. The van der Waals surface area contributed by atoms with Crippen LogP contribution in [0.5, 0.6) is 0 Å². The molecule has 0 radical (unpaired) electrons. The Kier molecular flexibility index (Phi) is 9.23. The second-order valence-corrected chi connectivity index (χ2v) is 10.5. The third-order valence-electron chi connectivity index (χ3n) is 8.94. The van der Waals surface area contributed by atoms with Crippen LogP contribution in [0.1, 0.15) is 70.6 Å². The molecule has 0 saturated heterocycles. The largest absolute Gasteiger partial charge is 0.234 e. The van der Waals surface area contributed by atoms with Gasteiger partial charge in [0.1, 0.15) is 0 Å². The van der Waals surface area contributed by atoms with Gasteiger partial charge in [0.25, 0.3) is 0 Å². The lowest BCUT2D eigenvalue weighted by Gasteiger charge is -2.38. The van der Waals surface area contributed by atoms with Crippen molar-refractivity contribution in [3.63, 3.8) is 0 Å². The summed E-state index contributed by atoms with van der Waals surface area (Å²) in [5, 5.41) is 0. The number of carbonyl (C=O) groups excluding carboxylic acids is 4. The molecule has 4 atom stereocenters. The molecule has 8 nitrogen and oxygen atoms in total. The smallest absolute Gasteiger partial charge is 0.211 e. The average molecular weight is 455 g/mol. The minimum atomic E-state index is 0.0296. The molecule has 4 fully saturated rings. The van der Waals surface area contributed by atoms with Gasteiger partial charge in [0.2, 0.25) is 24.3 Å². The molecule has 0 N–H and O–H groups in total. The zero-order valence-electron chi connectivity index (χ0n) is 19.3. The van der Waals surface area contributed by atoms with Crippen LogP contribution in [0, 0.1) is 34.5 Å². The molecule has 178 valence electrons. The topological polar surface area (TPSA) is 118 Å². The van der Waals surface area contributed by atoms with Crippen LogP contribution >= 0.6 is 0 Å². The van der Waals surface area contributed by atoms with Crippen molar-refractivity contribution in [3.05, 3.63) is 0 Å². The molecule has 0 aliphatic heterocycles. The van der Waals surface area contributed by atoms with Gasteiger partial charge in [-0.15, -0.1) is 0 Å². The van der Waals surface area contributed by atoms with E-state index < -0.39 is 0 Å². The van der Waals surface area contributed by atoms with Crippen molar-refractivity contribution < 1.29 is 19.2 Å². The summed E-state index contributed by atoms with van der Waals surface area (Å²) in [7, 11) is 0. The normalized spacial score (nSPS) is 34.8. The molecule has 0 aromatic rings. The van der Waals surface area contributed by atoms with E-state index in [2.05, 4.69) is 20.0 Å². The summed E-state index contributed by atoms with van der Waals surface area (Å²) < 4.78 is 0. The van der Waals surface area contributed by atoms with Gasteiger partial charge in [0.15, 0.2) is 0 Å². The second kappa shape index (κ2) is 12.1. The molecule has 4 unspecified atom stereocenters. The van der Waals surface area contributed by atoms with E-state index in [-0.39, 0.29) is 5.41 Å². The molecular formula is C25H34N4O4. The van der Waals surface area contributed by atoms with E-state index in [0.717, 1.165) is 44.4 Å². The molecule has 0 heterocycles. The Morgan fingerprint density at radius 3 is 2.03 bits per heavy atom. The van der Waals surface area contributed by atoms with Crippen LogP contribution in [0.15, 0.2) is 20.0 Å². The van der Waals surface area contributed by atoms with Crippen molar-refractivity contribution in [2.75, 3.05) is 26.2 Å². The minimum Gasteiger partial charge on any atom is -0.211 e. The van der Waals surface area contributed by atoms with Gasteiger partial charge in [0.05, 0.1) is 26.2 Å². The van der Waals surface area contributed by atoms with Gasteiger partial charge in [-0.05, 0) is 105 Å². The van der Waals surface area contributed by atoms with Crippen molar-refractivity contribution >= 4 is 24.3 Å². The molecule has 4 aliphatic rings. The van der Waals surface area contributed by atoms with Crippen LogP contribution in [0.2, 0.25) is 0 Å². The lowest BCUT2D eigenvalue weighted by molar-refractivity contribution is 0.127. The highest BCUT2D eigenvalue weighted by atomic mass is 16.1. The predicted molar refractivity (Wildman–Crippen MR) is 122 cm³/mol. The van der Waals surface area contributed by atoms with Gasteiger partial charge >= 0.3 is 0 Å². The van der Waals surface area contributed by atoms with Crippen molar-refractivity contribution in [2.45, 2.75) is 70.6 Å². The molecular weight excluding hydrogens is 420 g/mol. The zero-order chi connectivity index (χ0) is 23.6. The highest BCUT2D eigenvalue weighted by Crippen LogP contribution is 2.60. The summed E-state index contributed by atoms with van der Waals surface area (Å²) in [5.74, 6) is 2.51. The fraction of sp³-hybridized carbons (Fsp3) is 0.840. The number of fused-ring (bicyclic) bond motifs is 4. The molecule has 0 aromatic carbocycles. The monoisotopic (exact) mass is 454 g/mol. The van der Waals surface area contributed by atoms with Crippen molar-refractivity contribution in [1.82, 2.24) is 0 Å². The van der Waals surface area contributed by atoms with Crippen LogP contribution in [0.25, 0.3) is 0 Å². The standard InChI is InChI=1S/C15H19N3O3.C10H15NO/c19-9-16-3-1-2-15(8-18-11-21)6-12-4-14(15)5-13(12)7-17-10-20;12-8-11-6-5-10-3-1-9(7-10)2-4-10/h12-14H,1-8H2;9H,1-7H2. The fourth-order valence-corrected chi connectivity index (χ4v) is 7.35. The van der Waals surface area contributed by atoms with E-state index in [0.29, 0.717) is 49.3 Å².